The molecular formula is C16H19ClFN5O. The van der Waals surface area contributed by atoms with E-state index in [0.29, 0.717) is 23.7 Å². The van der Waals surface area contributed by atoms with Gasteiger partial charge in [-0.3, -0.25) is 9.36 Å². The summed E-state index contributed by atoms with van der Waals surface area (Å²) in [6.45, 7) is 1.45. The zero-order chi connectivity index (χ0) is 17.3. The Morgan fingerprint density at radius 2 is 2.21 bits per heavy atom. The molecule has 0 radical (unpaired) electrons. The summed E-state index contributed by atoms with van der Waals surface area (Å²) in [7, 11) is 0. The van der Waals surface area contributed by atoms with Crippen molar-refractivity contribution >= 4 is 23.2 Å². The van der Waals surface area contributed by atoms with Crippen LogP contribution in [0.1, 0.15) is 18.4 Å². The second-order valence-corrected chi connectivity index (χ2v) is 6.40. The van der Waals surface area contributed by atoms with Crippen LogP contribution in [-0.4, -0.2) is 28.7 Å². The number of aromatic nitrogens is 2. The molecule has 6 nitrogen and oxygen atoms in total. The number of nitrogen functional groups attached to an aromatic ring is 1. The first-order chi connectivity index (χ1) is 11.5. The van der Waals surface area contributed by atoms with Crippen molar-refractivity contribution in [3.05, 3.63) is 51.2 Å². The molecule has 1 saturated heterocycles. The first-order valence-corrected chi connectivity index (χ1v) is 8.13. The van der Waals surface area contributed by atoms with Gasteiger partial charge in [-0.05, 0) is 36.6 Å². The number of rotatable bonds is 3. The number of nitrogens with two attached hydrogens (primary N) is 2. The SMILES string of the molecule is Nc1ccc(F)cc1Cn1c(N2CCC[C@@H](N)C2)ncc(Cl)c1=O. The van der Waals surface area contributed by atoms with Crippen molar-refractivity contribution in [3.8, 4) is 0 Å². The maximum atomic E-state index is 13.5. The van der Waals surface area contributed by atoms with Crippen molar-refractivity contribution < 1.29 is 4.39 Å². The van der Waals surface area contributed by atoms with Crippen molar-refractivity contribution in [1.29, 1.82) is 0 Å². The standard InChI is InChI=1S/C16H19ClFN5O/c17-13-7-21-16(22-5-1-2-12(19)9-22)23(15(13)24)8-10-6-11(18)3-4-14(10)20/h3-4,6-7,12H,1-2,5,8-9,19-20H2/t12-/m1/s1. The molecule has 8 heteroatoms. The molecule has 1 atom stereocenters. The summed E-state index contributed by atoms with van der Waals surface area (Å²) >= 11 is 5.95. The van der Waals surface area contributed by atoms with Crippen molar-refractivity contribution in [1.82, 2.24) is 9.55 Å². The van der Waals surface area contributed by atoms with E-state index in [1.165, 1.54) is 29.0 Å². The maximum Gasteiger partial charge on any atom is 0.273 e. The van der Waals surface area contributed by atoms with E-state index in [2.05, 4.69) is 4.98 Å². The number of nitrogens with zero attached hydrogens (tertiary/aromatic N) is 3. The molecule has 0 spiro atoms. The summed E-state index contributed by atoms with van der Waals surface area (Å²) < 4.78 is 14.9. The molecule has 1 aromatic heterocycles. The molecule has 0 bridgehead atoms. The molecule has 0 aliphatic carbocycles. The van der Waals surface area contributed by atoms with Crippen LogP contribution in [0.3, 0.4) is 0 Å². The number of piperidine rings is 1. The maximum absolute atomic E-state index is 13.5. The Balaban J connectivity index is 2.03. The number of hydrogen-bond acceptors (Lipinski definition) is 5. The second-order valence-electron chi connectivity index (χ2n) is 5.99. The Morgan fingerprint density at radius 1 is 1.42 bits per heavy atom. The predicted octanol–water partition coefficient (Wildman–Crippen LogP) is 1.59. The van der Waals surface area contributed by atoms with E-state index in [4.69, 9.17) is 23.1 Å². The van der Waals surface area contributed by atoms with Crippen LogP contribution < -0.4 is 21.9 Å². The van der Waals surface area contributed by atoms with Gasteiger partial charge in [0.2, 0.25) is 5.95 Å². The molecule has 4 N–H and O–H groups in total. The average molecular weight is 352 g/mol. The zero-order valence-electron chi connectivity index (χ0n) is 13.1. The highest BCUT2D eigenvalue weighted by molar-refractivity contribution is 6.30. The van der Waals surface area contributed by atoms with Gasteiger partial charge in [0.25, 0.3) is 5.56 Å². The minimum absolute atomic E-state index is 0.00929. The third kappa shape index (κ3) is 3.37. The summed E-state index contributed by atoms with van der Waals surface area (Å²) in [5.41, 5.74) is 12.5. The van der Waals surface area contributed by atoms with Gasteiger partial charge in [0.05, 0.1) is 12.7 Å². The molecule has 1 aliphatic heterocycles. The first-order valence-electron chi connectivity index (χ1n) is 7.75. The molecule has 0 amide bonds. The molecule has 1 aliphatic rings. The highest BCUT2D eigenvalue weighted by Gasteiger charge is 2.22. The lowest BCUT2D eigenvalue weighted by Crippen LogP contribution is -2.45. The Hall–Kier alpha value is -2.12. The number of anilines is 2. The molecule has 0 saturated carbocycles. The lowest BCUT2D eigenvalue weighted by molar-refractivity contribution is 0.491. The lowest BCUT2D eigenvalue weighted by atomic mass is 10.1. The fourth-order valence-corrected chi connectivity index (χ4v) is 3.08. The zero-order valence-corrected chi connectivity index (χ0v) is 13.8. The quantitative estimate of drug-likeness (QED) is 0.820. The van der Waals surface area contributed by atoms with Crippen molar-refractivity contribution in [3.63, 3.8) is 0 Å². The molecule has 1 aromatic carbocycles. The van der Waals surface area contributed by atoms with Gasteiger partial charge in [-0.1, -0.05) is 11.6 Å². The fraction of sp³-hybridized carbons (Fsp3) is 0.375. The van der Waals surface area contributed by atoms with E-state index in [0.717, 1.165) is 19.4 Å². The van der Waals surface area contributed by atoms with Gasteiger partial charge < -0.3 is 16.4 Å². The summed E-state index contributed by atoms with van der Waals surface area (Å²) in [4.78, 5) is 18.8. The Kier molecular flexibility index (Phi) is 4.73. The number of hydrogen-bond donors (Lipinski definition) is 2. The smallest absolute Gasteiger partial charge is 0.273 e. The van der Waals surface area contributed by atoms with Gasteiger partial charge in [-0.15, -0.1) is 0 Å². The third-order valence-electron chi connectivity index (χ3n) is 4.16. The van der Waals surface area contributed by atoms with Crippen LogP contribution >= 0.6 is 11.6 Å². The predicted molar refractivity (Wildman–Crippen MR) is 92.8 cm³/mol. The summed E-state index contributed by atoms with van der Waals surface area (Å²) in [6, 6.07) is 4.10. The van der Waals surface area contributed by atoms with Crippen molar-refractivity contribution in [2.75, 3.05) is 23.7 Å². The van der Waals surface area contributed by atoms with Crippen LogP contribution in [0.15, 0.2) is 29.2 Å². The third-order valence-corrected chi connectivity index (χ3v) is 4.42. The van der Waals surface area contributed by atoms with E-state index in [1.54, 1.807) is 0 Å². The highest BCUT2D eigenvalue weighted by atomic mass is 35.5. The van der Waals surface area contributed by atoms with Crippen molar-refractivity contribution in [2.24, 2.45) is 5.73 Å². The van der Waals surface area contributed by atoms with Crippen molar-refractivity contribution in [2.45, 2.75) is 25.4 Å². The minimum Gasteiger partial charge on any atom is -0.398 e. The number of benzene rings is 1. The first kappa shape index (κ1) is 16.7. The second kappa shape index (κ2) is 6.78. The van der Waals surface area contributed by atoms with Crippen LogP contribution in [0.25, 0.3) is 0 Å². The van der Waals surface area contributed by atoms with E-state index in [-0.39, 0.29) is 23.2 Å². The monoisotopic (exact) mass is 351 g/mol. The molecule has 24 heavy (non-hydrogen) atoms. The van der Waals surface area contributed by atoms with E-state index < -0.39 is 5.82 Å². The van der Waals surface area contributed by atoms with Gasteiger partial charge in [-0.2, -0.15) is 0 Å². The van der Waals surface area contributed by atoms with Crippen LogP contribution in [-0.2, 0) is 6.54 Å². The highest BCUT2D eigenvalue weighted by Crippen LogP contribution is 2.20. The van der Waals surface area contributed by atoms with Gasteiger partial charge in [0.15, 0.2) is 0 Å². The molecule has 3 rings (SSSR count). The molecule has 1 fully saturated rings. The lowest BCUT2D eigenvalue weighted by Gasteiger charge is -2.33. The minimum atomic E-state index is -0.413. The Labute approximate surface area is 143 Å². The van der Waals surface area contributed by atoms with Gasteiger partial charge in [0, 0.05) is 24.8 Å². The Morgan fingerprint density at radius 3 is 2.96 bits per heavy atom. The van der Waals surface area contributed by atoms with Crippen LogP contribution in [0.5, 0.6) is 0 Å². The van der Waals surface area contributed by atoms with Gasteiger partial charge in [-0.25, -0.2) is 9.37 Å². The summed E-state index contributed by atoms with van der Waals surface area (Å²) in [5, 5.41) is 0.00929. The Bertz CT molecular complexity index is 810. The summed E-state index contributed by atoms with van der Waals surface area (Å²) in [5.74, 6) is 0.0620. The van der Waals surface area contributed by atoms with Gasteiger partial charge in [0.1, 0.15) is 10.8 Å². The molecule has 0 unspecified atom stereocenters. The normalized spacial score (nSPS) is 18.0. The fourth-order valence-electron chi connectivity index (χ4n) is 2.93. The topological polar surface area (TPSA) is 90.2 Å². The van der Waals surface area contributed by atoms with Crippen LogP contribution in [0.4, 0.5) is 16.0 Å². The number of halogens is 2. The van der Waals surface area contributed by atoms with E-state index in [1.807, 2.05) is 4.90 Å². The summed E-state index contributed by atoms with van der Waals surface area (Å²) in [6.07, 6.45) is 3.19. The molecule has 2 heterocycles. The largest absolute Gasteiger partial charge is 0.398 e. The van der Waals surface area contributed by atoms with Crippen LogP contribution in [0, 0.1) is 5.82 Å². The van der Waals surface area contributed by atoms with Gasteiger partial charge >= 0.3 is 0 Å². The molecule has 2 aromatic rings. The van der Waals surface area contributed by atoms with Crippen LogP contribution in [0.2, 0.25) is 5.02 Å². The average Bonchev–Trinajstić information content (AvgIpc) is 2.55. The molecular weight excluding hydrogens is 333 g/mol. The van der Waals surface area contributed by atoms with E-state index in [9.17, 15) is 9.18 Å². The van der Waals surface area contributed by atoms with E-state index >= 15 is 0 Å². The molecule has 128 valence electrons.